The SMILES string of the molecule is CNc1cc([C@H]2CCCN2C(=O)CCc2ccc(F)cc2)ccn1. The molecule has 1 aliphatic heterocycles. The summed E-state index contributed by atoms with van der Waals surface area (Å²) < 4.78 is 12.9. The van der Waals surface area contributed by atoms with Crippen LogP contribution in [0.2, 0.25) is 0 Å². The van der Waals surface area contributed by atoms with Crippen LogP contribution in [0.4, 0.5) is 10.2 Å². The van der Waals surface area contributed by atoms with Gasteiger partial charge in [-0.15, -0.1) is 0 Å². The van der Waals surface area contributed by atoms with Gasteiger partial charge in [0, 0.05) is 26.2 Å². The summed E-state index contributed by atoms with van der Waals surface area (Å²) in [7, 11) is 1.84. The molecule has 0 bridgehead atoms. The van der Waals surface area contributed by atoms with E-state index in [2.05, 4.69) is 10.3 Å². The number of carbonyl (C=O) groups excluding carboxylic acids is 1. The number of rotatable bonds is 5. The Hall–Kier alpha value is -2.43. The Kier molecular flexibility index (Phi) is 5.08. The van der Waals surface area contributed by atoms with Crippen LogP contribution in [0.1, 0.15) is 36.4 Å². The molecule has 1 amide bonds. The summed E-state index contributed by atoms with van der Waals surface area (Å²) >= 11 is 0. The van der Waals surface area contributed by atoms with E-state index in [0.717, 1.165) is 36.3 Å². The molecule has 0 radical (unpaired) electrons. The summed E-state index contributed by atoms with van der Waals surface area (Å²) in [6, 6.07) is 10.5. The molecular formula is C19H22FN3O. The fourth-order valence-electron chi connectivity index (χ4n) is 3.25. The topological polar surface area (TPSA) is 45.2 Å². The van der Waals surface area contributed by atoms with Crippen LogP contribution < -0.4 is 5.32 Å². The molecule has 2 heterocycles. The largest absolute Gasteiger partial charge is 0.373 e. The summed E-state index contributed by atoms with van der Waals surface area (Å²) in [6.07, 6.45) is 4.87. The molecule has 0 spiro atoms. The molecule has 5 heteroatoms. The van der Waals surface area contributed by atoms with Gasteiger partial charge in [0.15, 0.2) is 0 Å². The van der Waals surface area contributed by atoms with Gasteiger partial charge >= 0.3 is 0 Å². The van der Waals surface area contributed by atoms with Crippen LogP contribution in [0.5, 0.6) is 0 Å². The molecule has 24 heavy (non-hydrogen) atoms. The third kappa shape index (κ3) is 3.72. The van der Waals surface area contributed by atoms with Crippen molar-refractivity contribution in [1.82, 2.24) is 9.88 Å². The number of pyridine rings is 1. The predicted molar refractivity (Wildman–Crippen MR) is 92.2 cm³/mol. The van der Waals surface area contributed by atoms with Crippen molar-refractivity contribution < 1.29 is 9.18 Å². The monoisotopic (exact) mass is 327 g/mol. The summed E-state index contributed by atoms with van der Waals surface area (Å²) in [5, 5.41) is 3.04. The summed E-state index contributed by atoms with van der Waals surface area (Å²) in [4.78, 5) is 18.9. The van der Waals surface area contributed by atoms with Crippen molar-refractivity contribution >= 4 is 11.7 Å². The fourth-order valence-corrected chi connectivity index (χ4v) is 3.25. The highest BCUT2D eigenvalue weighted by Gasteiger charge is 2.29. The van der Waals surface area contributed by atoms with Crippen LogP contribution in [-0.2, 0) is 11.2 Å². The van der Waals surface area contributed by atoms with Gasteiger partial charge in [0.1, 0.15) is 11.6 Å². The van der Waals surface area contributed by atoms with Gasteiger partial charge in [-0.25, -0.2) is 9.37 Å². The van der Waals surface area contributed by atoms with E-state index in [4.69, 9.17) is 0 Å². The number of hydrogen-bond donors (Lipinski definition) is 1. The Balaban J connectivity index is 1.65. The number of hydrogen-bond acceptors (Lipinski definition) is 3. The molecule has 0 saturated carbocycles. The Bertz CT molecular complexity index is 702. The molecule has 0 unspecified atom stereocenters. The van der Waals surface area contributed by atoms with Crippen LogP contribution in [-0.4, -0.2) is 29.4 Å². The van der Waals surface area contributed by atoms with Gasteiger partial charge in [0.05, 0.1) is 6.04 Å². The lowest BCUT2D eigenvalue weighted by molar-refractivity contribution is -0.132. The van der Waals surface area contributed by atoms with E-state index in [1.165, 1.54) is 12.1 Å². The highest BCUT2D eigenvalue weighted by Crippen LogP contribution is 2.33. The fraction of sp³-hybridized carbons (Fsp3) is 0.368. The second-order valence-electron chi connectivity index (χ2n) is 6.10. The predicted octanol–water partition coefficient (Wildman–Crippen LogP) is 3.56. The minimum atomic E-state index is -0.247. The number of benzene rings is 1. The van der Waals surface area contributed by atoms with Gasteiger partial charge in [0.2, 0.25) is 5.91 Å². The first kappa shape index (κ1) is 16.4. The summed E-state index contributed by atoms with van der Waals surface area (Å²) in [6.45, 7) is 0.796. The highest BCUT2D eigenvalue weighted by molar-refractivity contribution is 5.77. The van der Waals surface area contributed by atoms with Crippen LogP contribution >= 0.6 is 0 Å². The average molecular weight is 327 g/mol. The zero-order chi connectivity index (χ0) is 16.9. The molecule has 1 saturated heterocycles. The van der Waals surface area contributed by atoms with Gasteiger partial charge in [-0.3, -0.25) is 4.79 Å². The van der Waals surface area contributed by atoms with E-state index < -0.39 is 0 Å². The molecule has 1 aromatic heterocycles. The van der Waals surface area contributed by atoms with E-state index in [9.17, 15) is 9.18 Å². The second kappa shape index (κ2) is 7.43. The Morgan fingerprint density at radius 1 is 1.33 bits per heavy atom. The van der Waals surface area contributed by atoms with Crippen LogP contribution in [0, 0.1) is 5.82 Å². The number of carbonyl (C=O) groups is 1. The lowest BCUT2D eigenvalue weighted by Gasteiger charge is -2.25. The van der Waals surface area contributed by atoms with Crippen LogP contribution in [0.3, 0.4) is 0 Å². The van der Waals surface area contributed by atoms with Gasteiger partial charge in [-0.05, 0) is 54.7 Å². The quantitative estimate of drug-likeness (QED) is 0.913. The molecule has 4 nitrogen and oxygen atoms in total. The minimum absolute atomic E-state index is 0.126. The zero-order valence-electron chi connectivity index (χ0n) is 13.8. The number of nitrogens with zero attached hydrogens (tertiary/aromatic N) is 2. The first-order valence-corrected chi connectivity index (χ1v) is 8.35. The number of aromatic nitrogens is 1. The van der Waals surface area contributed by atoms with Crippen molar-refractivity contribution in [1.29, 1.82) is 0 Å². The molecule has 1 N–H and O–H groups in total. The maximum atomic E-state index is 12.9. The maximum absolute atomic E-state index is 12.9. The third-order valence-corrected chi connectivity index (χ3v) is 4.54. The first-order valence-electron chi connectivity index (χ1n) is 8.35. The average Bonchev–Trinajstić information content (AvgIpc) is 3.11. The molecule has 1 aliphatic rings. The molecule has 0 aliphatic carbocycles. The van der Waals surface area contributed by atoms with Crippen molar-refractivity contribution in [3.8, 4) is 0 Å². The molecular weight excluding hydrogens is 305 g/mol. The maximum Gasteiger partial charge on any atom is 0.223 e. The van der Waals surface area contributed by atoms with E-state index >= 15 is 0 Å². The van der Waals surface area contributed by atoms with Crippen molar-refractivity contribution in [3.05, 3.63) is 59.5 Å². The standard InChI is InChI=1S/C19H22FN3O/c1-21-18-13-15(10-11-22-18)17-3-2-12-23(17)19(24)9-6-14-4-7-16(20)8-5-14/h4-5,7-8,10-11,13,17H,2-3,6,9,12H2,1H3,(H,21,22)/t17-/m1/s1. The number of likely N-dealkylation sites (tertiary alicyclic amines) is 1. The van der Waals surface area contributed by atoms with Gasteiger partial charge in [-0.2, -0.15) is 0 Å². The summed E-state index contributed by atoms with van der Waals surface area (Å²) in [5.74, 6) is 0.727. The first-order chi connectivity index (χ1) is 11.7. The molecule has 3 rings (SSSR count). The normalized spacial score (nSPS) is 17.1. The van der Waals surface area contributed by atoms with Crippen molar-refractivity contribution in [2.45, 2.75) is 31.7 Å². The van der Waals surface area contributed by atoms with Crippen LogP contribution in [0.15, 0.2) is 42.6 Å². The lowest BCUT2D eigenvalue weighted by Crippen LogP contribution is -2.30. The highest BCUT2D eigenvalue weighted by atomic mass is 19.1. The zero-order valence-corrected chi connectivity index (χ0v) is 13.8. The van der Waals surface area contributed by atoms with Gasteiger partial charge in [0.25, 0.3) is 0 Å². The smallest absolute Gasteiger partial charge is 0.223 e. The lowest BCUT2D eigenvalue weighted by atomic mass is 10.0. The molecule has 1 fully saturated rings. The number of amides is 1. The minimum Gasteiger partial charge on any atom is -0.373 e. The molecule has 1 aromatic carbocycles. The number of nitrogens with one attached hydrogen (secondary N) is 1. The van der Waals surface area contributed by atoms with E-state index in [1.54, 1.807) is 18.3 Å². The molecule has 2 aromatic rings. The third-order valence-electron chi connectivity index (χ3n) is 4.54. The Morgan fingerprint density at radius 2 is 2.12 bits per heavy atom. The van der Waals surface area contributed by atoms with E-state index in [-0.39, 0.29) is 17.8 Å². The number of halogens is 1. The summed E-state index contributed by atoms with van der Waals surface area (Å²) in [5.41, 5.74) is 2.11. The molecule has 126 valence electrons. The Labute approximate surface area is 141 Å². The second-order valence-corrected chi connectivity index (χ2v) is 6.10. The van der Waals surface area contributed by atoms with E-state index in [0.29, 0.717) is 12.8 Å². The molecule has 1 atom stereocenters. The Morgan fingerprint density at radius 3 is 2.88 bits per heavy atom. The van der Waals surface area contributed by atoms with Crippen molar-refractivity contribution in [2.75, 3.05) is 18.9 Å². The van der Waals surface area contributed by atoms with Crippen LogP contribution in [0.25, 0.3) is 0 Å². The van der Waals surface area contributed by atoms with E-state index in [1.807, 2.05) is 24.1 Å². The number of anilines is 1. The van der Waals surface area contributed by atoms with Gasteiger partial charge < -0.3 is 10.2 Å². The number of aryl methyl sites for hydroxylation is 1. The van der Waals surface area contributed by atoms with Crippen molar-refractivity contribution in [2.24, 2.45) is 0 Å². The van der Waals surface area contributed by atoms with Gasteiger partial charge in [-0.1, -0.05) is 12.1 Å². The van der Waals surface area contributed by atoms with Crippen molar-refractivity contribution in [3.63, 3.8) is 0 Å².